The van der Waals surface area contributed by atoms with Crippen LogP contribution >= 0.6 is 0 Å². The van der Waals surface area contributed by atoms with E-state index in [4.69, 9.17) is 11.5 Å². The summed E-state index contributed by atoms with van der Waals surface area (Å²) in [5.41, 5.74) is 17.9. The molecule has 0 bridgehead atoms. The first kappa shape index (κ1) is 27.1. The Morgan fingerprint density at radius 3 is 1.82 bits per heavy atom. The van der Waals surface area contributed by atoms with Crippen LogP contribution in [0.2, 0.25) is 0 Å². The van der Waals surface area contributed by atoms with Gasteiger partial charge in [-0.1, -0.05) is 49.6 Å². The number of phenolic OH excluding ortho intramolecular Hbond substituents is 2. The number of nitrogens with zero attached hydrogens (tertiary/aromatic N) is 4. The van der Waals surface area contributed by atoms with Gasteiger partial charge in [-0.25, -0.2) is 0 Å². The number of para-hydroxylation sites is 2. The number of rotatable bonds is 4. The van der Waals surface area contributed by atoms with E-state index < -0.39 is 0 Å². The minimum absolute atomic E-state index is 0.204. The molecule has 2 aromatic carbocycles. The van der Waals surface area contributed by atoms with Gasteiger partial charge in [0.15, 0.2) is 5.82 Å². The number of phenols is 2. The molecule has 1 saturated carbocycles. The first-order valence-electron chi connectivity index (χ1n) is 14.0. The standard InChI is InChI=1S/C16H19N3O.C16H17N3O/c2*17-16-13(11-6-2-1-3-7-11)10-14(18-19-16)12-8-4-5-9-15(12)20/h4-5,8-11,20H,1-3,6-7H2,(H2,17,19);4-6,8-10,20H,1-3,7H2,(H2,17,19). The minimum Gasteiger partial charge on any atom is -0.507 e. The van der Waals surface area contributed by atoms with Crippen molar-refractivity contribution in [2.75, 3.05) is 11.5 Å². The van der Waals surface area contributed by atoms with Crippen LogP contribution in [0.4, 0.5) is 11.6 Å². The molecule has 0 spiro atoms. The van der Waals surface area contributed by atoms with Crippen LogP contribution in [0.1, 0.15) is 74.8 Å². The fourth-order valence-electron chi connectivity index (χ4n) is 5.54. The molecule has 1 fully saturated rings. The van der Waals surface area contributed by atoms with Crippen molar-refractivity contribution in [1.29, 1.82) is 0 Å². The van der Waals surface area contributed by atoms with E-state index in [1.165, 1.54) is 37.7 Å². The topological polar surface area (TPSA) is 144 Å². The number of aromatic hydroxyl groups is 2. The first-order chi connectivity index (χ1) is 19.5. The summed E-state index contributed by atoms with van der Waals surface area (Å²) in [6.45, 7) is 0. The highest BCUT2D eigenvalue weighted by Crippen LogP contribution is 2.37. The molecule has 6 N–H and O–H groups in total. The van der Waals surface area contributed by atoms with Gasteiger partial charge in [-0.2, -0.15) is 0 Å². The molecule has 0 atom stereocenters. The number of hydrogen-bond acceptors (Lipinski definition) is 8. The number of hydrogen-bond donors (Lipinski definition) is 4. The Bertz CT molecular complexity index is 1500. The molecular weight excluding hydrogens is 500 g/mol. The molecule has 2 heterocycles. The van der Waals surface area contributed by atoms with Crippen molar-refractivity contribution in [2.45, 2.75) is 63.7 Å². The molecule has 0 radical (unpaired) electrons. The van der Waals surface area contributed by atoms with Crippen LogP contribution in [0.3, 0.4) is 0 Å². The van der Waals surface area contributed by atoms with Crippen molar-refractivity contribution >= 4 is 17.2 Å². The van der Waals surface area contributed by atoms with Gasteiger partial charge in [0.25, 0.3) is 0 Å². The van der Waals surface area contributed by atoms with Gasteiger partial charge in [-0.05, 0) is 86.4 Å². The Morgan fingerprint density at radius 2 is 1.23 bits per heavy atom. The Labute approximate surface area is 234 Å². The zero-order chi connectivity index (χ0) is 27.9. The SMILES string of the molecule is Nc1nnc(-c2ccccc2O)cc1C1=CCCCC1.Nc1nnc(-c2ccccc2O)cc1C1CCCCC1. The third-order valence-corrected chi connectivity index (χ3v) is 7.72. The molecule has 2 aromatic heterocycles. The Morgan fingerprint density at radius 1 is 0.625 bits per heavy atom. The first-order valence-corrected chi connectivity index (χ1v) is 14.0. The second kappa shape index (κ2) is 12.6. The van der Waals surface area contributed by atoms with Gasteiger partial charge in [-0.15, -0.1) is 20.4 Å². The third-order valence-electron chi connectivity index (χ3n) is 7.72. The van der Waals surface area contributed by atoms with Crippen LogP contribution in [0.5, 0.6) is 11.5 Å². The van der Waals surface area contributed by atoms with Crippen LogP contribution in [0.25, 0.3) is 28.1 Å². The monoisotopic (exact) mass is 536 g/mol. The van der Waals surface area contributed by atoms with E-state index in [1.54, 1.807) is 24.3 Å². The molecule has 206 valence electrons. The van der Waals surface area contributed by atoms with E-state index in [1.807, 2.05) is 36.4 Å². The predicted octanol–water partition coefficient (Wildman–Crippen LogP) is 6.87. The summed E-state index contributed by atoms with van der Waals surface area (Å²) in [5.74, 6) is 1.88. The number of benzene rings is 2. The molecule has 4 aromatic rings. The Kier molecular flexibility index (Phi) is 8.54. The van der Waals surface area contributed by atoms with Crippen LogP contribution in [0.15, 0.2) is 66.7 Å². The lowest BCUT2D eigenvalue weighted by Crippen LogP contribution is -2.10. The second-order valence-electron chi connectivity index (χ2n) is 10.4. The maximum Gasteiger partial charge on any atom is 0.153 e. The molecule has 2 aliphatic rings. The second-order valence-corrected chi connectivity index (χ2v) is 10.4. The van der Waals surface area contributed by atoms with Crippen molar-refractivity contribution < 1.29 is 10.2 Å². The zero-order valence-corrected chi connectivity index (χ0v) is 22.6. The lowest BCUT2D eigenvalue weighted by molar-refractivity contribution is 0.443. The quantitative estimate of drug-likeness (QED) is 0.221. The van der Waals surface area contributed by atoms with Gasteiger partial charge >= 0.3 is 0 Å². The molecule has 0 saturated heterocycles. The largest absolute Gasteiger partial charge is 0.507 e. The molecule has 40 heavy (non-hydrogen) atoms. The van der Waals surface area contributed by atoms with Crippen LogP contribution in [-0.4, -0.2) is 30.6 Å². The summed E-state index contributed by atoms with van der Waals surface area (Å²) in [4.78, 5) is 0. The maximum absolute atomic E-state index is 9.94. The number of nitrogen functional groups attached to an aromatic ring is 2. The fraction of sp³-hybridized carbons (Fsp3) is 0.312. The summed E-state index contributed by atoms with van der Waals surface area (Å²) in [5, 5.41) is 36.2. The minimum atomic E-state index is 0.204. The van der Waals surface area contributed by atoms with Crippen molar-refractivity contribution in [3.63, 3.8) is 0 Å². The van der Waals surface area contributed by atoms with Crippen LogP contribution < -0.4 is 11.5 Å². The highest BCUT2D eigenvalue weighted by Gasteiger charge is 2.20. The van der Waals surface area contributed by atoms with Crippen LogP contribution in [0, 0.1) is 0 Å². The zero-order valence-electron chi connectivity index (χ0n) is 22.6. The van der Waals surface area contributed by atoms with Crippen molar-refractivity contribution in [3.8, 4) is 34.0 Å². The van der Waals surface area contributed by atoms with Crippen LogP contribution in [-0.2, 0) is 0 Å². The Hall–Kier alpha value is -4.46. The number of anilines is 2. The Balaban J connectivity index is 0.000000161. The summed E-state index contributed by atoms with van der Waals surface area (Å²) in [6.07, 6.45) is 12.9. The van der Waals surface area contributed by atoms with Gasteiger partial charge in [0.1, 0.15) is 17.3 Å². The lowest BCUT2D eigenvalue weighted by Gasteiger charge is -2.23. The molecule has 0 amide bonds. The van der Waals surface area contributed by atoms with E-state index in [0.717, 1.165) is 36.8 Å². The normalized spacial score (nSPS) is 15.6. The number of allylic oxidation sites excluding steroid dienone is 2. The maximum atomic E-state index is 9.94. The molecule has 2 aliphatic carbocycles. The third kappa shape index (κ3) is 6.22. The molecule has 8 nitrogen and oxygen atoms in total. The van der Waals surface area contributed by atoms with E-state index in [9.17, 15) is 10.2 Å². The van der Waals surface area contributed by atoms with Gasteiger partial charge in [0, 0.05) is 22.3 Å². The van der Waals surface area contributed by atoms with E-state index >= 15 is 0 Å². The average Bonchev–Trinajstić information content (AvgIpc) is 3.00. The fourth-order valence-corrected chi connectivity index (χ4v) is 5.54. The highest BCUT2D eigenvalue weighted by atomic mass is 16.3. The van der Waals surface area contributed by atoms with Gasteiger partial charge < -0.3 is 21.7 Å². The molecule has 0 aliphatic heterocycles. The predicted molar refractivity (Wildman–Crippen MR) is 159 cm³/mol. The van der Waals surface area contributed by atoms with E-state index in [-0.39, 0.29) is 11.5 Å². The van der Waals surface area contributed by atoms with Crippen molar-refractivity contribution in [2.24, 2.45) is 0 Å². The number of aromatic nitrogens is 4. The summed E-state index contributed by atoms with van der Waals surface area (Å²) >= 11 is 0. The van der Waals surface area contributed by atoms with Gasteiger partial charge in [0.05, 0.1) is 11.4 Å². The van der Waals surface area contributed by atoms with Crippen molar-refractivity contribution in [3.05, 3.63) is 77.9 Å². The summed E-state index contributed by atoms with van der Waals surface area (Å²) in [7, 11) is 0. The highest BCUT2D eigenvalue weighted by molar-refractivity contribution is 5.78. The van der Waals surface area contributed by atoms with E-state index in [2.05, 4.69) is 26.5 Å². The van der Waals surface area contributed by atoms with Gasteiger partial charge in [0.2, 0.25) is 0 Å². The van der Waals surface area contributed by atoms with Crippen molar-refractivity contribution in [1.82, 2.24) is 20.4 Å². The molecule has 6 rings (SSSR count). The number of nitrogens with two attached hydrogens (primary N) is 2. The molecule has 8 heteroatoms. The average molecular weight is 537 g/mol. The smallest absolute Gasteiger partial charge is 0.153 e. The summed E-state index contributed by atoms with van der Waals surface area (Å²) < 4.78 is 0. The van der Waals surface area contributed by atoms with E-state index in [0.29, 0.717) is 40.1 Å². The molecular formula is C32H36N6O2. The summed E-state index contributed by atoms with van der Waals surface area (Å²) in [6, 6.07) is 18.2. The lowest BCUT2D eigenvalue weighted by atomic mass is 9.84. The molecule has 0 unspecified atom stereocenters. The van der Waals surface area contributed by atoms with Gasteiger partial charge in [-0.3, -0.25) is 0 Å².